The first-order valence-corrected chi connectivity index (χ1v) is 7.57. The Hall–Kier alpha value is -0.500. The van der Waals surface area contributed by atoms with Crippen molar-refractivity contribution in [2.75, 3.05) is 0 Å². The van der Waals surface area contributed by atoms with E-state index in [1.54, 1.807) is 6.07 Å². The molecule has 0 aliphatic carbocycles. The number of hydrogen-bond donors (Lipinski definition) is 2. The molecule has 0 spiro atoms. The van der Waals surface area contributed by atoms with Gasteiger partial charge in [-0.1, -0.05) is 33.6 Å². The third-order valence-corrected chi connectivity index (χ3v) is 4.37. The molecule has 100 valence electrons. The van der Waals surface area contributed by atoms with Crippen LogP contribution in [0.2, 0.25) is 0 Å². The first-order valence-electron chi connectivity index (χ1n) is 5.70. The Kier molecular flexibility index (Phi) is 4.94. The standard InChI is InChI=1S/C14H13BrFIN2/c1-8-2-4-12(16)10(6-8)14(19-18)11-7-9(15)3-5-13(11)17/h2-7,14,19H,18H2,1H3. The highest BCUT2D eigenvalue weighted by Crippen LogP contribution is 2.30. The number of halogens is 3. The molecule has 2 nitrogen and oxygen atoms in total. The molecule has 0 radical (unpaired) electrons. The first kappa shape index (κ1) is 14.9. The minimum atomic E-state index is -0.371. The van der Waals surface area contributed by atoms with Crippen LogP contribution in [0.3, 0.4) is 0 Å². The van der Waals surface area contributed by atoms with Gasteiger partial charge in [-0.25, -0.2) is 9.82 Å². The van der Waals surface area contributed by atoms with Gasteiger partial charge in [-0.15, -0.1) is 0 Å². The molecule has 0 saturated heterocycles. The summed E-state index contributed by atoms with van der Waals surface area (Å²) in [5, 5.41) is 0. The molecule has 2 aromatic carbocycles. The van der Waals surface area contributed by atoms with Gasteiger partial charge in [0, 0.05) is 13.6 Å². The summed E-state index contributed by atoms with van der Waals surface area (Å²) < 4.78 is 16.0. The third kappa shape index (κ3) is 3.34. The van der Waals surface area contributed by atoms with Crippen LogP contribution in [0.25, 0.3) is 0 Å². The average Bonchev–Trinajstić information content (AvgIpc) is 2.38. The molecule has 0 aromatic heterocycles. The Morgan fingerprint density at radius 2 is 1.95 bits per heavy atom. The predicted molar refractivity (Wildman–Crippen MR) is 87.2 cm³/mol. The zero-order valence-corrected chi connectivity index (χ0v) is 14.0. The molecule has 1 atom stereocenters. The van der Waals surface area contributed by atoms with Gasteiger partial charge in [0.05, 0.1) is 6.04 Å². The molecular weight excluding hydrogens is 422 g/mol. The van der Waals surface area contributed by atoms with E-state index in [1.165, 1.54) is 6.07 Å². The molecule has 0 heterocycles. The van der Waals surface area contributed by atoms with Crippen molar-refractivity contribution in [2.24, 2.45) is 5.84 Å². The second-order valence-corrected chi connectivity index (χ2v) is 6.37. The van der Waals surface area contributed by atoms with Gasteiger partial charge in [0.2, 0.25) is 0 Å². The summed E-state index contributed by atoms with van der Waals surface area (Å²) in [6.07, 6.45) is 0. The Morgan fingerprint density at radius 3 is 2.63 bits per heavy atom. The predicted octanol–water partition coefficient (Wildman–Crippen LogP) is 4.05. The lowest BCUT2D eigenvalue weighted by Crippen LogP contribution is -2.30. The molecule has 19 heavy (non-hydrogen) atoms. The Balaban J connectivity index is 2.55. The van der Waals surface area contributed by atoms with E-state index >= 15 is 0 Å². The minimum absolute atomic E-state index is 0.260. The maximum Gasteiger partial charge on any atom is 0.128 e. The number of hydrogen-bond acceptors (Lipinski definition) is 2. The molecular formula is C14H13BrFIN2. The van der Waals surface area contributed by atoms with Crippen LogP contribution in [-0.4, -0.2) is 0 Å². The third-order valence-electron chi connectivity index (χ3n) is 2.90. The molecule has 0 amide bonds. The fourth-order valence-electron chi connectivity index (χ4n) is 1.97. The van der Waals surface area contributed by atoms with Gasteiger partial charge in [0.15, 0.2) is 0 Å². The smallest absolute Gasteiger partial charge is 0.128 e. The largest absolute Gasteiger partial charge is 0.271 e. The molecule has 3 N–H and O–H groups in total. The maximum atomic E-state index is 14.0. The lowest BCUT2D eigenvalue weighted by molar-refractivity contribution is 0.558. The SMILES string of the molecule is Cc1ccc(F)c(C(NN)c2cc(Br)ccc2I)c1. The minimum Gasteiger partial charge on any atom is -0.271 e. The van der Waals surface area contributed by atoms with Crippen molar-refractivity contribution < 1.29 is 4.39 Å². The Bertz CT molecular complexity index is 552. The summed E-state index contributed by atoms with van der Waals surface area (Å²) in [6, 6.07) is 10.5. The molecule has 0 bridgehead atoms. The second kappa shape index (κ2) is 6.30. The molecule has 2 aromatic rings. The highest BCUT2D eigenvalue weighted by Gasteiger charge is 2.19. The fraction of sp³-hybridized carbons (Fsp3) is 0.143. The van der Waals surface area contributed by atoms with Crippen LogP contribution in [0.15, 0.2) is 40.9 Å². The topological polar surface area (TPSA) is 38.0 Å². The zero-order chi connectivity index (χ0) is 14.0. The Labute approximate surface area is 133 Å². The normalized spacial score (nSPS) is 12.5. The zero-order valence-electron chi connectivity index (χ0n) is 10.3. The summed E-state index contributed by atoms with van der Waals surface area (Å²) in [4.78, 5) is 0. The van der Waals surface area contributed by atoms with Gasteiger partial charge in [0.25, 0.3) is 0 Å². The molecule has 0 saturated carbocycles. The van der Waals surface area contributed by atoms with Crippen LogP contribution in [0, 0.1) is 16.3 Å². The van der Waals surface area contributed by atoms with Gasteiger partial charge >= 0.3 is 0 Å². The van der Waals surface area contributed by atoms with E-state index in [4.69, 9.17) is 5.84 Å². The highest BCUT2D eigenvalue weighted by molar-refractivity contribution is 14.1. The van der Waals surface area contributed by atoms with Gasteiger partial charge in [-0.05, 0) is 59.3 Å². The van der Waals surface area contributed by atoms with Crippen molar-refractivity contribution in [1.29, 1.82) is 0 Å². The summed E-state index contributed by atoms with van der Waals surface area (Å²) in [5.74, 6) is 5.38. The van der Waals surface area contributed by atoms with E-state index in [-0.39, 0.29) is 11.9 Å². The average molecular weight is 435 g/mol. The second-order valence-electron chi connectivity index (χ2n) is 4.29. The Morgan fingerprint density at radius 1 is 1.21 bits per heavy atom. The van der Waals surface area contributed by atoms with E-state index in [0.29, 0.717) is 5.56 Å². The number of hydrazine groups is 1. The summed E-state index contributed by atoms with van der Waals surface area (Å²) in [7, 11) is 0. The van der Waals surface area contributed by atoms with Crippen LogP contribution in [-0.2, 0) is 0 Å². The molecule has 0 fully saturated rings. The van der Waals surface area contributed by atoms with E-state index in [1.807, 2.05) is 31.2 Å². The van der Waals surface area contributed by atoms with Crippen molar-refractivity contribution in [3.05, 3.63) is 66.9 Å². The molecule has 5 heteroatoms. The van der Waals surface area contributed by atoms with Crippen LogP contribution in [0.5, 0.6) is 0 Å². The van der Waals surface area contributed by atoms with Crippen LogP contribution in [0.4, 0.5) is 4.39 Å². The van der Waals surface area contributed by atoms with Crippen molar-refractivity contribution in [1.82, 2.24) is 5.43 Å². The molecule has 0 aliphatic rings. The van der Waals surface area contributed by atoms with Gasteiger partial charge in [-0.3, -0.25) is 5.84 Å². The van der Waals surface area contributed by atoms with Gasteiger partial charge in [0.1, 0.15) is 5.82 Å². The van der Waals surface area contributed by atoms with Crippen LogP contribution in [0.1, 0.15) is 22.7 Å². The fourth-order valence-corrected chi connectivity index (χ4v) is 2.99. The number of aryl methyl sites for hydroxylation is 1. The summed E-state index contributed by atoms with van der Waals surface area (Å²) in [5.41, 5.74) is 5.21. The van der Waals surface area contributed by atoms with Gasteiger partial charge in [-0.2, -0.15) is 0 Å². The van der Waals surface area contributed by atoms with Crippen molar-refractivity contribution in [2.45, 2.75) is 13.0 Å². The van der Waals surface area contributed by atoms with Crippen molar-refractivity contribution >= 4 is 38.5 Å². The van der Waals surface area contributed by atoms with Crippen LogP contribution < -0.4 is 11.3 Å². The monoisotopic (exact) mass is 434 g/mol. The van der Waals surface area contributed by atoms with E-state index in [9.17, 15) is 4.39 Å². The van der Waals surface area contributed by atoms with Crippen molar-refractivity contribution in [3.8, 4) is 0 Å². The lowest BCUT2D eigenvalue weighted by Gasteiger charge is -2.20. The van der Waals surface area contributed by atoms with E-state index in [2.05, 4.69) is 43.9 Å². The molecule has 1 unspecified atom stereocenters. The van der Waals surface area contributed by atoms with Crippen LogP contribution >= 0.6 is 38.5 Å². The van der Waals surface area contributed by atoms with Gasteiger partial charge < -0.3 is 0 Å². The number of benzene rings is 2. The number of nitrogens with one attached hydrogen (secondary N) is 1. The quantitative estimate of drug-likeness (QED) is 0.434. The lowest BCUT2D eigenvalue weighted by atomic mass is 9.97. The number of rotatable bonds is 3. The van der Waals surface area contributed by atoms with E-state index in [0.717, 1.165) is 19.2 Å². The molecule has 2 rings (SSSR count). The number of nitrogens with two attached hydrogens (primary N) is 1. The maximum absolute atomic E-state index is 14.0. The first-order chi connectivity index (χ1) is 9.02. The molecule has 0 aliphatic heterocycles. The highest BCUT2D eigenvalue weighted by atomic mass is 127. The van der Waals surface area contributed by atoms with E-state index < -0.39 is 0 Å². The summed E-state index contributed by atoms with van der Waals surface area (Å²) in [6.45, 7) is 1.93. The summed E-state index contributed by atoms with van der Waals surface area (Å²) >= 11 is 5.66. The van der Waals surface area contributed by atoms with Crippen molar-refractivity contribution in [3.63, 3.8) is 0 Å².